The summed E-state index contributed by atoms with van der Waals surface area (Å²) in [7, 11) is 1.73. The minimum atomic E-state index is -0.169. The number of aromatic nitrogens is 3. The lowest BCUT2D eigenvalue weighted by molar-refractivity contribution is -0.119. The topological polar surface area (TPSA) is 96.0 Å². The van der Waals surface area contributed by atoms with Crippen LogP contribution in [0.1, 0.15) is 36.6 Å². The van der Waals surface area contributed by atoms with Crippen molar-refractivity contribution < 1.29 is 4.79 Å². The Balaban J connectivity index is 1.85. The van der Waals surface area contributed by atoms with Crippen LogP contribution in [0.25, 0.3) is 11.2 Å². The number of nitrogens with zero attached hydrogens (tertiary/aromatic N) is 5. The fraction of sp³-hybridized carbons (Fsp3) is 0.391. The summed E-state index contributed by atoms with van der Waals surface area (Å²) in [5.74, 6) is -0.0346. The summed E-state index contributed by atoms with van der Waals surface area (Å²) in [5.41, 5.74) is 4.32. The molecule has 0 bridgehead atoms. The molecular weight excluding hydrogens is 392 g/mol. The van der Waals surface area contributed by atoms with Crippen molar-refractivity contribution in [3.05, 3.63) is 57.6 Å². The molecule has 160 valence electrons. The Morgan fingerprint density at radius 3 is 2.87 bits per heavy atom. The summed E-state index contributed by atoms with van der Waals surface area (Å²) in [6, 6.07) is 11.6. The lowest BCUT2D eigenvalue weighted by atomic mass is 10.0. The fourth-order valence-electron chi connectivity index (χ4n) is 4.42. The first kappa shape index (κ1) is 20.7. The van der Waals surface area contributed by atoms with Crippen molar-refractivity contribution in [1.82, 2.24) is 19.4 Å². The molecule has 1 saturated heterocycles. The average Bonchev–Trinajstić information content (AvgIpc) is 2.98. The number of amides is 1. The molecule has 1 unspecified atom stereocenters. The number of fused-ring (bicyclic) bond motifs is 1. The molecule has 1 aliphatic heterocycles. The van der Waals surface area contributed by atoms with Gasteiger partial charge >= 0.3 is 5.69 Å². The van der Waals surface area contributed by atoms with Crippen molar-refractivity contribution in [2.24, 2.45) is 7.05 Å². The molecule has 8 heteroatoms. The Morgan fingerprint density at radius 2 is 2.13 bits per heavy atom. The smallest absolute Gasteiger partial charge is 0.330 e. The number of carbonyl (C=O) groups excluding carboxylic acids is 1. The summed E-state index contributed by atoms with van der Waals surface area (Å²) in [6.07, 6.45) is 1.88. The van der Waals surface area contributed by atoms with E-state index in [0.29, 0.717) is 24.3 Å². The van der Waals surface area contributed by atoms with Crippen LogP contribution in [0.4, 0.5) is 5.69 Å². The molecule has 1 N–H and O–H groups in total. The zero-order valence-corrected chi connectivity index (χ0v) is 18.1. The third kappa shape index (κ3) is 3.91. The number of imidazole rings is 1. The highest BCUT2D eigenvalue weighted by molar-refractivity contribution is 5.87. The predicted octanol–water partition coefficient (Wildman–Crippen LogP) is 2.07. The molecule has 0 saturated carbocycles. The summed E-state index contributed by atoms with van der Waals surface area (Å²) < 4.78 is 3.27. The number of hydrogen-bond acceptors (Lipinski definition) is 5. The second kappa shape index (κ2) is 8.26. The van der Waals surface area contributed by atoms with Crippen molar-refractivity contribution in [2.75, 3.05) is 18.0 Å². The normalized spacial score (nSPS) is 16.3. The first-order chi connectivity index (χ1) is 14.9. The predicted molar refractivity (Wildman–Crippen MR) is 119 cm³/mol. The van der Waals surface area contributed by atoms with E-state index in [1.54, 1.807) is 22.2 Å². The number of nitrogens with one attached hydrogen (secondary N) is 1. The molecule has 31 heavy (non-hydrogen) atoms. The molecule has 8 nitrogen and oxygen atoms in total. The summed E-state index contributed by atoms with van der Waals surface area (Å²) in [5, 5.41) is 12.5. The second-order valence-corrected chi connectivity index (χ2v) is 8.14. The standard InChI is InChI=1S/C23H26N6O2/c1-15-11-20(28-10-6-9-19(14-28)26-16(2)30)21-22(25-15)27(3)23(31)29(21)13-18-8-5-4-7-17(18)12-24/h4-5,7-8,11,19H,6,9-10,13-14H2,1-3H3,(H,26,30). The number of hydrogen-bond donors (Lipinski definition) is 1. The molecule has 1 aromatic carbocycles. The van der Waals surface area contributed by atoms with Crippen LogP contribution in [0, 0.1) is 18.3 Å². The van der Waals surface area contributed by atoms with E-state index in [9.17, 15) is 14.9 Å². The summed E-state index contributed by atoms with van der Waals surface area (Å²) >= 11 is 0. The van der Waals surface area contributed by atoms with Crippen LogP contribution in [0.5, 0.6) is 0 Å². The maximum absolute atomic E-state index is 13.2. The SMILES string of the molecule is CC(=O)NC1CCCN(c2cc(C)nc3c2n(Cc2ccccc2C#N)c(=O)n3C)C1. The molecule has 3 heterocycles. The van der Waals surface area contributed by atoms with E-state index in [4.69, 9.17) is 0 Å². The van der Waals surface area contributed by atoms with E-state index in [-0.39, 0.29) is 17.6 Å². The second-order valence-electron chi connectivity index (χ2n) is 8.14. The Morgan fingerprint density at radius 1 is 1.35 bits per heavy atom. The number of aryl methyl sites for hydroxylation is 2. The highest BCUT2D eigenvalue weighted by Gasteiger charge is 2.25. The van der Waals surface area contributed by atoms with Crippen molar-refractivity contribution in [3.63, 3.8) is 0 Å². The van der Waals surface area contributed by atoms with Crippen molar-refractivity contribution >= 4 is 22.8 Å². The Labute approximate surface area is 180 Å². The van der Waals surface area contributed by atoms with Gasteiger partial charge in [0.1, 0.15) is 5.52 Å². The van der Waals surface area contributed by atoms with Crippen LogP contribution in [0.15, 0.2) is 35.1 Å². The van der Waals surface area contributed by atoms with Gasteiger partial charge in [-0.3, -0.25) is 13.9 Å². The Kier molecular flexibility index (Phi) is 5.51. The van der Waals surface area contributed by atoms with E-state index in [0.717, 1.165) is 41.8 Å². The third-order valence-electron chi connectivity index (χ3n) is 5.82. The van der Waals surface area contributed by atoms with Crippen LogP contribution in [-0.2, 0) is 18.4 Å². The molecule has 2 aromatic heterocycles. The quantitative estimate of drug-likeness (QED) is 0.700. The number of carbonyl (C=O) groups is 1. The first-order valence-electron chi connectivity index (χ1n) is 10.5. The summed E-state index contributed by atoms with van der Waals surface area (Å²) in [4.78, 5) is 31.6. The monoisotopic (exact) mass is 418 g/mol. The molecule has 0 radical (unpaired) electrons. The molecule has 4 rings (SSSR count). The van der Waals surface area contributed by atoms with Crippen LogP contribution in [0.3, 0.4) is 0 Å². The Hall–Kier alpha value is -3.60. The van der Waals surface area contributed by atoms with Gasteiger partial charge in [0.05, 0.1) is 23.9 Å². The molecular formula is C23H26N6O2. The fourth-order valence-corrected chi connectivity index (χ4v) is 4.42. The highest BCUT2D eigenvalue weighted by Crippen LogP contribution is 2.29. The van der Waals surface area contributed by atoms with Crippen LogP contribution in [-0.4, -0.2) is 39.2 Å². The molecule has 1 aliphatic rings. The maximum atomic E-state index is 13.2. The average molecular weight is 419 g/mol. The highest BCUT2D eigenvalue weighted by atomic mass is 16.2. The van der Waals surface area contributed by atoms with Gasteiger partial charge in [-0.25, -0.2) is 9.78 Å². The van der Waals surface area contributed by atoms with E-state index < -0.39 is 0 Å². The van der Waals surface area contributed by atoms with Crippen LogP contribution in [0.2, 0.25) is 0 Å². The van der Waals surface area contributed by atoms with Gasteiger partial charge in [-0.05, 0) is 37.5 Å². The Bertz CT molecular complexity index is 1250. The third-order valence-corrected chi connectivity index (χ3v) is 5.82. The molecule has 1 fully saturated rings. The van der Waals surface area contributed by atoms with Gasteiger partial charge in [0.2, 0.25) is 5.91 Å². The van der Waals surface area contributed by atoms with E-state index in [2.05, 4.69) is 21.3 Å². The van der Waals surface area contributed by atoms with Gasteiger partial charge in [0.25, 0.3) is 0 Å². The lowest BCUT2D eigenvalue weighted by Crippen LogP contribution is -2.47. The molecule has 1 amide bonds. The first-order valence-corrected chi connectivity index (χ1v) is 10.5. The minimum Gasteiger partial charge on any atom is -0.368 e. The van der Waals surface area contributed by atoms with Crippen molar-refractivity contribution in [1.29, 1.82) is 5.26 Å². The van der Waals surface area contributed by atoms with Gasteiger partial charge in [-0.15, -0.1) is 0 Å². The maximum Gasteiger partial charge on any atom is 0.330 e. The van der Waals surface area contributed by atoms with Crippen LogP contribution < -0.4 is 15.9 Å². The number of benzene rings is 1. The number of nitriles is 1. The molecule has 3 aromatic rings. The van der Waals surface area contributed by atoms with Gasteiger partial charge in [-0.1, -0.05) is 18.2 Å². The largest absolute Gasteiger partial charge is 0.368 e. The van der Waals surface area contributed by atoms with Crippen molar-refractivity contribution in [2.45, 2.75) is 39.3 Å². The minimum absolute atomic E-state index is 0.0346. The number of rotatable bonds is 4. The zero-order valence-electron chi connectivity index (χ0n) is 18.1. The van der Waals surface area contributed by atoms with Gasteiger partial charge < -0.3 is 10.2 Å². The zero-order chi connectivity index (χ0) is 22.1. The van der Waals surface area contributed by atoms with E-state index in [1.807, 2.05) is 31.2 Å². The van der Waals surface area contributed by atoms with E-state index >= 15 is 0 Å². The van der Waals surface area contributed by atoms with Gasteiger partial charge in [0, 0.05) is 38.8 Å². The van der Waals surface area contributed by atoms with E-state index in [1.165, 1.54) is 6.92 Å². The van der Waals surface area contributed by atoms with Gasteiger partial charge in [0.15, 0.2) is 5.65 Å². The number of pyridine rings is 1. The molecule has 0 spiro atoms. The number of piperidine rings is 1. The molecule has 0 aliphatic carbocycles. The van der Waals surface area contributed by atoms with Crippen molar-refractivity contribution in [3.8, 4) is 6.07 Å². The van der Waals surface area contributed by atoms with Gasteiger partial charge in [-0.2, -0.15) is 5.26 Å². The summed E-state index contributed by atoms with van der Waals surface area (Å²) in [6.45, 7) is 5.27. The number of anilines is 1. The molecule has 1 atom stereocenters. The lowest BCUT2D eigenvalue weighted by Gasteiger charge is -2.35. The van der Waals surface area contributed by atoms with Crippen LogP contribution >= 0.6 is 0 Å².